The van der Waals surface area contributed by atoms with Crippen molar-refractivity contribution in [2.24, 2.45) is 5.92 Å². The largest absolute Gasteiger partial charge is 0.481 e. The first kappa shape index (κ1) is 14.5. The maximum absolute atomic E-state index is 12.4. The Morgan fingerprint density at radius 3 is 2.84 bits per heavy atom. The molecule has 0 unspecified atom stereocenters. The summed E-state index contributed by atoms with van der Waals surface area (Å²) >= 11 is 4.94. The molecule has 19 heavy (non-hydrogen) atoms. The van der Waals surface area contributed by atoms with Gasteiger partial charge in [0.25, 0.3) is 0 Å². The summed E-state index contributed by atoms with van der Waals surface area (Å²) in [6, 6.07) is 3.87. The zero-order valence-corrected chi connectivity index (χ0v) is 13.0. The third kappa shape index (κ3) is 3.36. The quantitative estimate of drug-likeness (QED) is 0.916. The van der Waals surface area contributed by atoms with Crippen molar-refractivity contribution < 1.29 is 14.7 Å². The monoisotopic (exact) mass is 345 g/mol. The van der Waals surface area contributed by atoms with Crippen LogP contribution in [0.25, 0.3) is 0 Å². The maximum atomic E-state index is 12.4. The number of carbonyl (C=O) groups is 2. The molecule has 1 aromatic rings. The van der Waals surface area contributed by atoms with Crippen LogP contribution in [0.5, 0.6) is 0 Å². The standard InChI is InChI=1S/C13H16BrNO3S/c1-8(10-4-5-11(14)19-10)12(16)15-6-2-3-9(7-15)13(17)18/h4-5,8-9H,2-3,6-7H2,1H3,(H,17,18)/t8-,9-/m1/s1. The first-order valence-electron chi connectivity index (χ1n) is 6.26. The molecule has 2 rings (SSSR count). The van der Waals surface area contributed by atoms with Gasteiger partial charge in [-0.1, -0.05) is 0 Å². The summed E-state index contributed by atoms with van der Waals surface area (Å²) in [7, 11) is 0. The Kier molecular flexibility index (Phi) is 4.62. The van der Waals surface area contributed by atoms with Gasteiger partial charge in [-0.15, -0.1) is 11.3 Å². The minimum absolute atomic E-state index is 0.0281. The van der Waals surface area contributed by atoms with Crippen LogP contribution in [-0.4, -0.2) is 35.0 Å². The molecule has 1 aliphatic rings. The topological polar surface area (TPSA) is 57.6 Å². The second-order valence-electron chi connectivity index (χ2n) is 4.83. The Morgan fingerprint density at radius 2 is 2.26 bits per heavy atom. The van der Waals surface area contributed by atoms with E-state index in [1.54, 1.807) is 16.2 Å². The average Bonchev–Trinajstić information content (AvgIpc) is 2.84. The molecule has 0 aromatic carbocycles. The van der Waals surface area contributed by atoms with Gasteiger partial charge in [-0.05, 0) is 47.8 Å². The number of aliphatic carboxylic acids is 1. The van der Waals surface area contributed by atoms with E-state index in [1.807, 2.05) is 19.1 Å². The summed E-state index contributed by atoms with van der Waals surface area (Å²) in [5.74, 6) is -1.40. The van der Waals surface area contributed by atoms with E-state index < -0.39 is 11.9 Å². The molecular weight excluding hydrogens is 330 g/mol. The molecule has 2 atom stereocenters. The van der Waals surface area contributed by atoms with Crippen molar-refractivity contribution >= 4 is 39.1 Å². The van der Waals surface area contributed by atoms with Gasteiger partial charge >= 0.3 is 5.97 Å². The minimum atomic E-state index is -0.802. The highest BCUT2D eigenvalue weighted by Gasteiger charge is 2.31. The van der Waals surface area contributed by atoms with Crippen molar-refractivity contribution in [3.8, 4) is 0 Å². The van der Waals surface area contributed by atoms with E-state index in [1.165, 1.54) is 0 Å². The van der Waals surface area contributed by atoms with Crippen LogP contribution in [-0.2, 0) is 9.59 Å². The highest BCUT2D eigenvalue weighted by molar-refractivity contribution is 9.11. The van der Waals surface area contributed by atoms with Crippen molar-refractivity contribution in [1.29, 1.82) is 0 Å². The summed E-state index contributed by atoms with van der Waals surface area (Å²) in [5.41, 5.74) is 0. The number of carboxylic acids is 1. The van der Waals surface area contributed by atoms with Gasteiger partial charge in [0.2, 0.25) is 5.91 Å². The van der Waals surface area contributed by atoms with Crippen molar-refractivity contribution in [3.05, 3.63) is 20.8 Å². The lowest BCUT2D eigenvalue weighted by Crippen LogP contribution is -2.43. The predicted octanol–water partition coefficient (Wildman–Crippen LogP) is 2.94. The predicted molar refractivity (Wildman–Crippen MR) is 77.4 cm³/mol. The molecule has 2 heterocycles. The highest BCUT2D eigenvalue weighted by Crippen LogP contribution is 2.30. The van der Waals surface area contributed by atoms with E-state index in [0.29, 0.717) is 19.5 Å². The third-order valence-corrected chi connectivity index (χ3v) is 5.28. The van der Waals surface area contributed by atoms with E-state index in [4.69, 9.17) is 5.11 Å². The fourth-order valence-corrected chi connectivity index (χ4v) is 3.80. The molecule has 1 amide bonds. The number of carbonyl (C=O) groups excluding carboxylic acids is 1. The molecule has 0 saturated carbocycles. The molecule has 0 spiro atoms. The number of nitrogens with zero attached hydrogens (tertiary/aromatic N) is 1. The Labute approximate surface area is 124 Å². The molecular formula is C13H16BrNO3S. The molecule has 0 aliphatic carbocycles. The first-order valence-corrected chi connectivity index (χ1v) is 7.87. The smallest absolute Gasteiger partial charge is 0.308 e. The van der Waals surface area contributed by atoms with Gasteiger partial charge in [0.1, 0.15) is 0 Å². The summed E-state index contributed by atoms with van der Waals surface area (Å²) in [6.07, 6.45) is 1.43. The number of thiophene rings is 1. The Morgan fingerprint density at radius 1 is 1.53 bits per heavy atom. The lowest BCUT2D eigenvalue weighted by molar-refractivity contribution is -0.146. The number of carboxylic acid groups (broad SMARTS) is 1. The van der Waals surface area contributed by atoms with Crippen LogP contribution in [0.1, 0.15) is 30.6 Å². The van der Waals surface area contributed by atoms with Gasteiger partial charge in [-0.25, -0.2) is 0 Å². The Balaban J connectivity index is 2.04. The van der Waals surface area contributed by atoms with Crippen LogP contribution >= 0.6 is 27.3 Å². The zero-order chi connectivity index (χ0) is 14.0. The lowest BCUT2D eigenvalue weighted by atomic mass is 9.96. The average molecular weight is 346 g/mol. The van der Waals surface area contributed by atoms with Crippen molar-refractivity contribution in [2.45, 2.75) is 25.7 Å². The number of likely N-dealkylation sites (tertiary alicyclic amines) is 1. The molecule has 1 aliphatic heterocycles. The molecule has 0 bridgehead atoms. The maximum Gasteiger partial charge on any atom is 0.308 e. The highest BCUT2D eigenvalue weighted by atomic mass is 79.9. The summed E-state index contributed by atoms with van der Waals surface area (Å²) in [6.45, 7) is 2.88. The van der Waals surface area contributed by atoms with Gasteiger partial charge in [0, 0.05) is 18.0 Å². The molecule has 1 aromatic heterocycles. The van der Waals surface area contributed by atoms with Crippen LogP contribution in [0.15, 0.2) is 15.9 Å². The van der Waals surface area contributed by atoms with E-state index >= 15 is 0 Å². The van der Waals surface area contributed by atoms with Gasteiger partial charge in [-0.2, -0.15) is 0 Å². The van der Waals surface area contributed by atoms with Crippen molar-refractivity contribution in [2.75, 3.05) is 13.1 Å². The number of rotatable bonds is 3. The summed E-state index contributed by atoms with van der Waals surface area (Å²) in [5, 5.41) is 9.05. The fraction of sp³-hybridized carbons (Fsp3) is 0.538. The van der Waals surface area contributed by atoms with Crippen LogP contribution in [0.2, 0.25) is 0 Å². The molecule has 0 radical (unpaired) electrons. The van der Waals surface area contributed by atoms with Crippen LogP contribution in [0.3, 0.4) is 0 Å². The second-order valence-corrected chi connectivity index (χ2v) is 7.32. The SMILES string of the molecule is C[C@@H](C(=O)N1CCC[C@@H](C(=O)O)C1)c1ccc(Br)s1. The Hall–Kier alpha value is -0.880. The zero-order valence-electron chi connectivity index (χ0n) is 10.6. The molecule has 1 N–H and O–H groups in total. The normalized spacial score (nSPS) is 21.2. The van der Waals surface area contributed by atoms with Gasteiger partial charge < -0.3 is 10.0 Å². The molecule has 4 nitrogen and oxygen atoms in total. The number of hydrogen-bond donors (Lipinski definition) is 1. The van der Waals surface area contributed by atoms with E-state index in [9.17, 15) is 9.59 Å². The van der Waals surface area contributed by atoms with Crippen molar-refractivity contribution in [3.63, 3.8) is 0 Å². The second kappa shape index (κ2) is 6.05. The van der Waals surface area contributed by atoms with Crippen LogP contribution in [0.4, 0.5) is 0 Å². The van der Waals surface area contributed by atoms with E-state index in [0.717, 1.165) is 15.1 Å². The number of halogens is 1. The van der Waals surface area contributed by atoms with E-state index in [2.05, 4.69) is 15.9 Å². The minimum Gasteiger partial charge on any atom is -0.481 e. The van der Waals surface area contributed by atoms with Gasteiger partial charge in [0.15, 0.2) is 0 Å². The molecule has 1 fully saturated rings. The molecule has 6 heteroatoms. The summed E-state index contributed by atoms with van der Waals surface area (Å²) in [4.78, 5) is 26.1. The number of amides is 1. The molecule has 104 valence electrons. The first-order chi connectivity index (χ1) is 8.99. The van der Waals surface area contributed by atoms with Crippen LogP contribution in [0, 0.1) is 5.92 Å². The van der Waals surface area contributed by atoms with E-state index in [-0.39, 0.29) is 11.8 Å². The van der Waals surface area contributed by atoms with Crippen LogP contribution < -0.4 is 0 Å². The summed E-state index contributed by atoms with van der Waals surface area (Å²) < 4.78 is 1.00. The Bertz CT molecular complexity index is 488. The molecule has 1 saturated heterocycles. The lowest BCUT2D eigenvalue weighted by Gasteiger charge is -2.32. The number of piperidine rings is 1. The fourth-order valence-electron chi connectivity index (χ4n) is 2.34. The van der Waals surface area contributed by atoms with Gasteiger partial charge in [-0.3, -0.25) is 9.59 Å². The van der Waals surface area contributed by atoms with Crippen molar-refractivity contribution in [1.82, 2.24) is 4.90 Å². The third-order valence-electron chi connectivity index (χ3n) is 3.47. The number of hydrogen-bond acceptors (Lipinski definition) is 3. The van der Waals surface area contributed by atoms with Gasteiger partial charge in [0.05, 0.1) is 15.6 Å².